The van der Waals surface area contributed by atoms with Crippen LogP contribution in [0.3, 0.4) is 0 Å². The molecule has 2 aliphatic heterocycles. The van der Waals surface area contributed by atoms with Gasteiger partial charge >= 0.3 is 0 Å². The number of phenols is 1. The summed E-state index contributed by atoms with van der Waals surface area (Å²) in [5, 5.41) is 27.0. The van der Waals surface area contributed by atoms with Crippen LogP contribution in [0.1, 0.15) is 19.3 Å². The normalized spacial score (nSPS) is 25.6. The number of nitrogens with one attached hydrogen (secondary N) is 1. The van der Waals surface area contributed by atoms with Crippen LogP contribution in [0.25, 0.3) is 22.2 Å². The SMILES string of the molecule is CN(c1cnc(-c2cc3cnn(C)c(=O)c3cc2O)nn1)[C@H]1C[C@@H]2CCC(N2)[C@H]1F. The lowest BCUT2D eigenvalue weighted by Crippen LogP contribution is -2.55. The molecule has 2 fully saturated rings. The van der Waals surface area contributed by atoms with Crippen LogP contribution in [-0.4, -0.2) is 61.4 Å². The molecule has 5 rings (SSSR count). The summed E-state index contributed by atoms with van der Waals surface area (Å²) in [7, 11) is 3.35. The van der Waals surface area contributed by atoms with Crippen LogP contribution >= 0.6 is 0 Å². The summed E-state index contributed by atoms with van der Waals surface area (Å²) in [4.78, 5) is 18.3. The van der Waals surface area contributed by atoms with E-state index in [9.17, 15) is 14.3 Å². The second-order valence-corrected chi connectivity index (χ2v) is 8.08. The zero-order valence-electron chi connectivity index (χ0n) is 16.7. The molecule has 1 aromatic carbocycles. The van der Waals surface area contributed by atoms with Crippen LogP contribution in [0.5, 0.6) is 5.75 Å². The van der Waals surface area contributed by atoms with Crippen molar-refractivity contribution in [3.8, 4) is 17.1 Å². The van der Waals surface area contributed by atoms with Crippen molar-refractivity contribution >= 4 is 16.6 Å². The second kappa shape index (κ2) is 6.98. The molecule has 156 valence electrons. The van der Waals surface area contributed by atoms with Crippen LogP contribution in [-0.2, 0) is 7.05 Å². The van der Waals surface area contributed by atoms with Crippen molar-refractivity contribution in [2.45, 2.75) is 43.6 Å². The average molecular weight is 411 g/mol. The quantitative estimate of drug-likeness (QED) is 0.661. The maximum atomic E-state index is 14.8. The van der Waals surface area contributed by atoms with E-state index in [1.54, 1.807) is 24.2 Å². The first-order chi connectivity index (χ1) is 14.4. The summed E-state index contributed by atoms with van der Waals surface area (Å²) in [6.07, 6.45) is 4.67. The number of phenolic OH excluding ortho intramolecular Hbond substituents is 1. The molecule has 30 heavy (non-hydrogen) atoms. The fourth-order valence-electron chi connectivity index (χ4n) is 4.52. The van der Waals surface area contributed by atoms with E-state index in [1.807, 2.05) is 7.05 Å². The first-order valence-corrected chi connectivity index (χ1v) is 9.94. The number of fused-ring (bicyclic) bond motifs is 3. The van der Waals surface area contributed by atoms with E-state index in [-0.39, 0.29) is 29.2 Å². The molecule has 10 heteroatoms. The summed E-state index contributed by atoms with van der Waals surface area (Å²) >= 11 is 0. The van der Waals surface area contributed by atoms with Crippen molar-refractivity contribution in [3.63, 3.8) is 0 Å². The molecule has 2 saturated heterocycles. The third-order valence-corrected chi connectivity index (χ3v) is 6.27. The minimum Gasteiger partial charge on any atom is -0.507 e. The number of benzene rings is 1. The number of aromatic hydroxyl groups is 1. The summed E-state index contributed by atoms with van der Waals surface area (Å²) in [5.74, 6) is 0.574. The number of piperidine rings is 1. The van der Waals surface area contributed by atoms with E-state index in [1.165, 1.54) is 16.9 Å². The van der Waals surface area contributed by atoms with E-state index in [4.69, 9.17) is 0 Å². The highest BCUT2D eigenvalue weighted by atomic mass is 19.1. The van der Waals surface area contributed by atoms with Crippen LogP contribution in [0.2, 0.25) is 0 Å². The van der Waals surface area contributed by atoms with Gasteiger partial charge in [-0.3, -0.25) is 4.79 Å². The molecular formula is C20H22FN7O2. The summed E-state index contributed by atoms with van der Waals surface area (Å²) in [5.41, 5.74) is 0.0459. The molecule has 2 bridgehead atoms. The third kappa shape index (κ3) is 2.98. The van der Waals surface area contributed by atoms with Crippen molar-refractivity contribution in [2.24, 2.45) is 7.05 Å². The highest BCUT2D eigenvalue weighted by Crippen LogP contribution is 2.34. The Morgan fingerprint density at radius 1 is 1.27 bits per heavy atom. The van der Waals surface area contributed by atoms with Gasteiger partial charge in [-0.05, 0) is 31.4 Å². The summed E-state index contributed by atoms with van der Waals surface area (Å²) in [6.45, 7) is 0. The van der Waals surface area contributed by atoms with Crippen molar-refractivity contribution in [1.82, 2.24) is 30.3 Å². The minimum absolute atomic E-state index is 0.104. The van der Waals surface area contributed by atoms with Gasteiger partial charge in [-0.1, -0.05) is 0 Å². The zero-order valence-corrected chi connectivity index (χ0v) is 16.7. The van der Waals surface area contributed by atoms with E-state index in [0.717, 1.165) is 12.8 Å². The van der Waals surface area contributed by atoms with Gasteiger partial charge in [0.05, 0.1) is 29.4 Å². The zero-order chi connectivity index (χ0) is 21.0. The third-order valence-electron chi connectivity index (χ3n) is 6.27. The molecule has 4 atom stereocenters. The molecule has 0 saturated carbocycles. The maximum absolute atomic E-state index is 14.8. The Bertz CT molecular complexity index is 1170. The predicted octanol–water partition coefficient (Wildman–Crippen LogP) is 1.16. The smallest absolute Gasteiger partial charge is 0.274 e. The molecule has 3 aromatic rings. The van der Waals surface area contributed by atoms with E-state index in [0.29, 0.717) is 34.6 Å². The number of rotatable bonds is 3. The fourth-order valence-corrected chi connectivity index (χ4v) is 4.52. The number of hydrogen-bond acceptors (Lipinski definition) is 8. The summed E-state index contributed by atoms with van der Waals surface area (Å²) in [6, 6.07) is 2.96. The predicted molar refractivity (Wildman–Crippen MR) is 109 cm³/mol. The molecule has 4 heterocycles. The molecule has 2 N–H and O–H groups in total. The van der Waals surface area contributed by atoms with Crippen molar-refractivity contribution in [3.05, 3.63) is 34.9 Å². The molecule has 9 nitrogen and oxygen atoms in total. The Kier molecular flexibility index (Phi) is 4.39. The van der Waals surface area contributed by atoms with Gasteiger partial charge in [0.25, 0.3) is 5.56 Å². The van der Waals surface area contributed by atoms with Crippen LogP contribution in [0.15, 0.2) is 29.3 Å². The van der Waals surface area contributed by atoms with Gasteiger partial charge in [0.1, 0.15) is 11.9 Å². The number of anilines is 1. The molecule has 1 unspecified atom stereocenters. The molecule has 0 aliphatic carbocycles. The number of aryl methyl sites for hydroxylation is 1. The Hall–Kier alpha value is -3.14. The van der Waals surface area contributed by atoms with Gasteiger partial charge in [0.15, 0.2) is 11.6 Å². The van der Waals surface area contributed by atoms with Crippen LogP contribution in [0.4, 0.5) is 10.2 Å². The second-order valence-electron chi connectivity index (χ2n) is 8.08. The van der Waals surface area contributed by atoms with Crippen LogP contribution < -0.4 is 15.8 Å². The van der Waals surface area contributed by atoms with Gasteiger partial charge in [-0.15, -0.1) is 10.2 Å². The standard InChI is InChI=1S/C20H22FN7O2/c1-27(15-6-11-3-4-14(24-11)18(15)21)17-9-22-19(26-25-17)13-5-10-8-23-28(2)20(30)12(10)7-16(13)29/h5,7-9,11,14-15,18,24,29H,3-4,6H2,1-2H3/t11-,14?,15-,18+/m0/s1. The Balaban J connectivity index is 1.44. The monoisotopic (exact) mass is 411 g/mol. The van der Waals surface area contributed by atoms with Gasteiger partial charge in [-0.2, -0.15) is 5.10 Å². The topological polar surface area (TPSA) is 109 Å². The Morgan fingerprint density at radius 3 is 2.87 bits per heavy atom. The first kappa shape index (κ1) is 18.9. The van der Waals surface area contributed by atoms with Crippen molar-refractivity contribution in [1.29, 1.82) is 0 Å². The first-order valence-electron chi connectivity index (χ1n) is 9.94. The molecule has 2 aliphatic rings. The molecule has 0 amide bonds. The molecular weight excluding hydrogens is 389 g/mol. The van der Waals surface area contributed by atoms with E-state index >= 15 is 0 Å². The molecule has 0 spiro atoms. The van der Waals surface area contributed by atoms with Gasteiger partial charge in [0.2, 0.25) is 0 Å². The highest BCUT2D eigenvalue weighted by Gasteiger charge is 2.43. The van der Waals surface area contributed by atoms with Gasteiger partial charge in [-0.25, -0.2) is 14.1 Å². The van der Waals surface area contributed by atoms with E-state index in [2.05, 4.69) is 25.6 Å². The van der Waals surface area contributed by atoms with Crippen LogP contribution in [0, 0.1) is 0 Å². The number of hydrogen-bond donors (Lipinski definition) is 2. The number of nitrogens with zero attached hydrogens (tertiary/aromatic N) is 6. The Labute approximate surface area is 171 Å². The van der Waals surface area contributed by atoms with Gasteiger partial charge in [0, 0.05) is 31.6 Å². The lowest BCUT2D eigenvalue weighted by molar-refractivity contribution is 0.176. The van der Waals surface area contributed by atoms with E-state index < -0.39 is 6.17 Å². The average Bonchev–Trinajstić information content (AvgIpc) is 3.17. The lowest BCUT2D eigenvalue weighted by atomic mass is 9.96. The minimum atomic E-state index is -0.977. The Morgan fingerprint density at radius 2 is 2.10 bits per heavy atom. The lowest BCUT2D eigenvalue weighted by Gasteiger charge is -2.38. The van der Waals surface area contributed by atoms with Gasteiger partial charge < -0.3 is 15.3 Å². The fraction of sp³-hybridized carbons (Fsp3) is 0.450. The molecule has 2 aromatic heterocycles. The largest absolute Gasteiger partial charge is 0.507 e. The maximum Gasteiger partial charge on any atom is 0.274 e. The number of alkyl halides is 1. The number of aromatic nitrogens is 5. The molecule has 0 radical (unpaired) electrons. The van der Waals surface area contributed by atoms with Crippen molar-refractivity contribution < 1.29 is 9.50 Å². The number of halogens is 1. The van der Waals surface area contributed by atoms with Crippen molar-refractivity contribution in [2.75, 3.05) is 11.9 Å². The summed E-state index contributed by atoms with van der Waals surface area (Å²) < 4.78 is 16.0. The highest BCUT2D eigenvalue weighted by molar-refractivity contribution is 5.88.